The van der Waals surface area contributed by atoms with E-state index in [0.717, 1.165) is 5.39 Å². The van der Waals surface area contributed by atoms with Crippen molar-refractivity contribution in [2.45, 2.75) is 0 Å². The fourth-order valence-electron chi connectivity index (χ4n) is 3.00. The summed E-state index contributed by atoms with van der Waals surface area (Å²) in [6.07, 6.45) is 0. The second-order valence-corrected chi connectivity index (χ2v) is 6.53. The van der Waals surface area contributed by atoms with Crippen LogP contribution in [0.5, 0.6) is 5.75 Å². The predicted octanol–water partition coefficient (Wildman–Crippen LogP) is 4.04. The van der Waals surface area contributed by atoms with Gasteiger partial charge in [-0.15, -0.1) is 0 Å². The molecule has 148 valence electrons. The summed E-state index contributed by atoms with van der Waals surface area (Å²) in [4.78, 5) is 36.5. The van der Waals surface area contributed by atoms with Gasteiger partial charge in [-0.25, -0.2) is 4.79 Å². The number of para-hydroxylation sites is 1. The summed E-state index contributed by atoms with van der Waals surface area (Å²) >= 11 is 0. The molecule has 30 heavy (non-hydrogen) atoms. The molecule has 0 saturated heterocycles. The molecular formula is C24H17NO5. The summed E-state index contributed by atoms with van der Waals surface area (Å²) in [5, 5.41) is 3.47. The number of nitrogens with one attached hydrogen (secondary N) is 1. The van der Waals surface area contributed by atoms with Crippen LogP contribution in [-0.4, -0.2) is 18.3 Å². The van der Waals surface area contributed by atoms with Crippen molar-refractivity contribution in [2.24, 2.45) is 0 Å². The zero-order valence-electron chi connectivity index (χ0n) is 15.8. The van der Waals surface area contributed by atoms with Gasteiger partial charge in [0.1, 0.15) is 11.3 Å². The van der Waals surface area contributed by atoms with Crippen molar-refractivity contribution in [1.29, 1.82) is 0 Å². The molecule has 0 radical (unpaired) electrons. The van der Waals surface area contributed by atoms with Crippen molar-refractivity contribution < 1.29 is 18.7 Å². The SMILES string of the molecule is O=C(COc1ccc2ccc(=O)oc2c1)Nc1ccccc1C(=O)c1ccccc1. The molecule has 3 aromatic carbocycles. The molecule has 6 heteroatoms. The maximum Gasteiger partial charge on any atom is 0.336 e. The molecule has 1 N–H and O–H groups in total. The van der Waals surface area contributed by atoms with E-state index in [1.807, 2.05) is 6.07 Å². The first-order valence-corrected chi connectivity index (χ1v) is 9.25. The number of amides is 1. The lowest BCUT2D eigenvalue weighted by Gasteiger charge is -2.11. The standard InChI is InChI=1S/C24H17NO5/c26-22(15-29-18-12-10-16-11-13-23(27)30-21(16)14-18)25-20-9-5-4-8-19(20)24(28)17-6-2-1-3-7-17/h1-14H,15H2,(H,25,26). The van der Waals surface area contributed by atoms with Gasteiger partial charge in [0.25, 0.3) is 5.91 Å². The van der Waals surface area contributed by atoms with Gasteiger partial charge >= 0.3 is 5.63 Å². The quantitative estimate of drug-likeness (QED) is 0.391. The van der Waals surface area contributed by atoms with Crippen LogP contribution in [0.3, 0.4) is 0 Å². The van der Waals surface area contributed by atoms with Crippen LogP contribution in [0.4, 0.5) is 5.69 Å². The Kier molecular flexibility index (Phi) is 5.39. The Hall–Kier alpha value is -4.19. The van der Waals surface area contributed by atoms with Gasteiger partial charge in [-0.1, -0.05) is 42.5 Å². The fourth-order valence-corrected chi connectivity index (χ4v) is 3.00. The molecule has 0 bridgehead atoms. The van der Waals surface area contributed by atoms with Gasteiger partial charge in [-0.05, 0) is 30.3 Å². The molecule has 0 aliphatic carbocycles. The summed E-state index contributed by atoms with van der Waals surface area (Å²) in [6.45, 7) is -0.267. The first kappa shape index (κ1) is 19.1. The van der Waals surface area contributed by atoms with Crippen LogP contribution in [-0.2, 0) is 4.79 Å². The molecular weight excluding hydrogens is 382 g/mol. The Morgan fingerprint density at radius 3 is 2.43 bits per heavy atom. The molecule has 0 aliphatic heterocycles. The number of hydrogen-bond donors (Lipinski definition) is 1. The lowest BCUT2D eigenvalue weighted by Crippen LogP contribution is -2.21. The van der Waals surface area contributed by atoms with Crippen molar-refractivity contribution >= 4 is 28.3 Å². The molecule has 1 aromatic heterocycles. The van der Waals surface area contributed by atoms with Crippen LogP contribution in [0, 0.1) is 0 Å². The van der Waals surface area contributed by atoms with Gasteiger partial charge in [-0.3, -0.25) is 9.59 Å². The first-order valence-electron chi connectivity index (χ1n) is 9.25. The molecule has 1 heterocycles. The molecule has 6 nitrogen and oxygen atoms in total. The molecule has 4 rings (SSSR count). The highest BCUT2D eigenvalue weighted by Gasteiger charge is 2.15. The number of carbonyl (C=O) groups is 2. The third-order valence-electron chi connectivity index (χ3n) is 4.45. The van der Waals surface area contributed by atoms with E-state index in [1.54, 1.807) is 72.8 Å². The number of benzene rings is 3. The summed E-state index contributed by atoms with van der Waals surface area (Å²) in [5.74, 6) is -0.212. The maximum atomic E-state index is 12.8. The Morgan fingerprint density at radius 2 is 1.60 bits per heavy atom. The highest BCUT2D eigenvalue weighted by atomic mass is 16.5. The van der Waals surface area contributed by atoms with Crippen LogP contribution in [0.1, 0.15) is 15.9 Å². The third kappa shape index (κ3) is 4.28. The van der Waals surface area contributed by atoms with Crippen LogP contribution in [0.15, 0.2) is 94.1 Å². The summed E-state index contributed by atoms with van der Waals surface area (Å²) in [5.41, 5.74) is 1.25. The minimum Gasteiger partial charge on any atom is -0.484 e. The maximum absolute atomic E-state index is 12.8. The molecule has 0 atom stereocenters. The van der Waals surface area contributed by atoms with Crippen molar-refractivity contribution in [2.75, 3.05) is 11.9 Å². The normalized spacial score (nSPS) is 10.5. The molecule has 0 saturated carbocycles. The molecule has 4 aromatic rings. The fraction of sp³-hybridized carbons (Fsp3) is 0.0417. The van der Waals surface area contributed by atoms with Crippen molar-refractivity contribution in [3.63, 3.8) is 0 Å². The monoisotopic (exact) mass is 399 g/mol. The van der Waals surface area contributed by atoms with Crippen molar-refractivity contribution in [3.8, 4) is 5.75 Å². The van der Waals surface area contributed by atoms with E-state index in [4.69, 9.17) is 9.15 Å². The van der Waals surface area contributed by atoms with Crippen molar-refractivity contribution in [1.82, 2.24) is 0 Å². The topological polar surface area (TPSA) is 85.6 Å². The largest absolute Gasteiger partial charge is 0.484 e. The zero-order valence-corrected chi connectivity index (χ0v) is 15.8. The van der Waals surface area contributed by atoms with E-state index in [2.05, 4.69) is 5.32 Å². The number of carbonyl (C=O) groups excluding carboxylic acids is 2. The average Bonchev–Trinajstić information content (AvgIpc) is 2.78. The zero-order chi connectivity index (χ0) is 20.9. The van der Waals surface area contributed by atoms with E-state index in [-0.39, 0.29) is 12.4 Å². The van der Waals surface area contributed by atoms with Gasteiger partial charge in [0, 0.05) is 28.6 Å². The second kappa shape index (κ2) is 8.45. The van der Waals surface area contributed by atoms with Crippen LogP contribution < -0.4 is 15.7 Å². The smallest absolute Gasteiger partial charge is 0.336 e. The Morgan fingerprint density at radius 1 is 0.867 bits per heavy atom. The molecule has 0 aliphatic rings. The van der Waals surface area contributed by atoms with Crippen LogP contribution >= 0.6 is 0 Å². The van der Waals surface area contributed by atoms with Crippen molar-refractivity contribution in [3.05, 3.63) is 106 Å². The first-order chi connectivity index (χ1) is 14.6. The molecule has 1 amide bonds. The number of ether oxygens (including phenoxy) is 1. The number of anilines is 1. The second-order valence-electron chi connectivity index (χ2n) is 6.53. The average molecular weight is 399 g/mol. The minimum atomic E-state index is -0.461. The van der Waals surface area contributed by atoms with Gasteiger partial charge in [0.15, 0.2) is 12.4 Å². The minimum absolute atomic E-state index is 0.183. The molecule has 0 spiro atoms. The summed E-state index contributed by atoms with van der Waals surface area (Å²) < 4.78 is 10.6. The Balaban J connectivity index is 1.46. The molecule has 0 unspecified atom stereocenters. The Bertz CT molecular complexity index is 1280. The third-order valence-corrected chi connectivity index (χ3v) is 4.45. The number of fused-ring (bicyclic) bond motifs is 1. The highest BCUT2D eigenvalue weighted by molar-refractivity contribution is 6.13. The lowest BCUT2D eigenvalue weighted by atomic mass is 10.0. The Labute approximate surface area is 171 Å². The summed E-state index contributed by atoms with van der Waals surface area (Å²) in [7, 11) is 0. The van der Waals surface area contributed by atoms with Crippen LogP contribution in [0.2, 0.25) is 0 Å². The lowest BCUT2D eigenvalue weighted by molar-refractivity contribution is -0.118. The van der Waals surface area contributed by atoms with E-state index >= 15 is 0 Å². The van der Waals surface area contributed by atoms with Gasteiger partial charge < -0.3 is 14.5 Å². The van der Waals surface area contributed by atoms with E-state index < -0.39 is 11.5 Å². The van der Waals surface area contributed by atoms with Gasteiger partial charge in [-0.2, -0.15) is 0 Å². The van der Waals surface area contributed by atoms with E-state index in [9.17, 15) is 14.4 Å². The van der Waals surface area contributed by atoms with E-state index in [0.29, 0.717) is 28.1 Å². The predicted molar refractivity (Wildman–Crippen MR) is 113 cm³/mol. The number of rotatable bonds is 6. The van der Waals surface area contributed by atoms with E-state index in [1.165, 1.54) is 6.07 Å². The summed E-state index contributed by atoms with van der Waals surface area (Å²) in [6, 6.07) is 23.6. The van der Waals surface area contributed by atoms with Gasteiger partial charge in [0.05, 0.1) is 5.69 Å². The molecule has 0 fully saturated rings. The highest BCUT2D eigenvalue weighted by Crippen LogP contribution is 2.21. The van der Waals surface area contributed by atoms with Gasteiger partial charge in [0.2, 0.25) is 0 Å². The number of hydrogen-bond acceptors (Lipinski definition) is 5. The van der Waals surface area contributed by atoms with Crippen LogP contribution in [0.25, 0.3) is 11.0 Å². The number of ketones is 1.